The fraction of sp³-hybridized carbons (Fsp3) is 0.500. The second-order valence-electron chi connectivity index (χ2n) is 5.11. The van der Waals surface area contributed by atoms with E-state index in [1.165, 1.54) is 11.1 Å². The fourth-order valence-electron chi connectivity index (χ4n) is 1.74. The van der Waals surface area contributed by atoms with Gasteiger partial charge in [0.2, 0.25) is 5.91 Å². The highest BCUT2D eigenvalue weighted by atomic mass is 16.1. The van der Waals surface area contributed by atoms with Crippen LogP contribution < -0.4 is 5.73 Å². The van der Waals surface area contributed by atoms with Crippen molar-refractivity contribution in [1.82, 2.24) is 4.90 Å². The van der Waals surface area contributed by atoms with Crippen LogP contribution in [0.5, 0.6) is 0 Å². The molecule has 0 aliphatic carbocycles. The molecule has 3 heteroatoms. The molecule has 0 radical (unpaired) electrons. The minimum absolute atomic E-state index is 0.257. The maximum absolute atomic E-state index is 10.7. The molecule has 1 aromatic rings. The van der Waals surface area contributed by atoms with Crippen molar-refractivity contribution in [2.45, 2.75) is 33.9 Å². The van der Waals surface area contributed by atoms with Gasteiger partial charge in [0.05, 0.1) is 6.54 Å². The van der Waals surface area contributed by atoms with E-state index in [1.807, 2.05) is 17.0 Å². The monoisotopic (exact) mass is 234 g/mol. The van der Waals surface area contributed by atoms with Gasteiger partial charge in [-0.2, -0.15) is 0 Å². The summed E-state index contributed by atoms with van der Waals surface area (Å²) in [4.78, 5) is 12.7. The Morgan fingerprint density at radius 3 is 2.00 bits per heavy atom. The first-order valence-electron chi connectivity index (χ1n) is 6.06. The Morgan fingerprint density at radius 1 is 1.24 bits per heavy atom. The van der Waals surface area contributed by atoms with Crippen molar-refractivity contribution >= 4 is 5.91 Å². The number of fused-ring (bicyclic) bond motifs is 1. The Labute approximate surface area is 104 Å². The SMILES string of the molecule is CC(C)C.NC(=O)CN1Cc2ccccc2C1. The third kappa shape index (κ3) is 5.00. The molecule has 0 atom stereocenters. The van der Waals surface area contributed by atoms with Gasteiger partial charge in [0.15, 0.2) is 0 Å². The van der Waals surface area contributed by atoms with Crippen LogP contribution in [0.15, 0.2) is 24.3 Å². The van der Waals surface area contributed by atoms with E-state index in [9.17, 15) is 4.79 Å². The zero-order valence-corrected chi connectivity index (χ0v) is 10.9. The molecular weight excluding hydrogens is 212 g/mol. The summed E-state index contributed by atoms with van der Waals surface area (Å²) in [7, 11) is 0. The van der Waals surface area contributed by atoms with Crippen molar-refractivity contribution in [1.29, 1.82) is 0 Å². The van der Waals surface area contributed by atoms with Gasteiger partial charge in [-0.15, -0.1) is 0 Å². The van der Waals surface area contributed by atoms with Gasteiger partial charge in [-0.1, -0.05) is 45.0 Å². The first-order chi connectivity index (χ1) is 7.99. The number of rotatable bonds is 2. The fourth-order valence-corrected chi connectivity index (χ4v) is 1.74. The zero-order valence-electron chi connectivity index (χ0n) is 10.9. The average molecular weight is 234 g/mol. The zero-order chi connectivity index (χ0) is 12.8. The molecule has 0 saturated heterocycles. The molecule has 1 aliphatic heterocycles. The third-order valence-electron chi connectivity index (χ3n) is 2.29. The van der Waals surface area contributed by atoms with Gasteiger partial charge in [0.1, 0.15) is 0 Å². The molecule has 1 heterocycles. The van der Waals surface area contributed by atoms with Crippen molar-refractivity contribution in [3.63, 3.8) is 0 Å². The lowest BCUT2D eigenvalue weighted by Gasteiger charge is -2.10. The van der Waals surface area contributed by atoms with Gasteiger partial charge in [-0.25, -0.2) is 0 Å². The Kier molecular flexibility index (Phi) is 5.16. The second kappa shape index (κ2) is 6.40. The number of amides is 1. The van der Waals surface area contributed by atoms with Gasteiger partial charge >= 0.3 is 0 Å². The summed E-state index contributed by atoms with van der Waals surface area (Å²) in [5.74, 6) is 0.577. The van der Waals surface area contributed by atoms with Crippen molar-refractivity contribution in [3.05, 3.63) is 35.4 Å². The summed E-state index contributed by atoms with van der Waals surface area (Å²) in [5, 5.41) is 0. The van der Waals surface area contributed by atoms with E-state index in [0.717, 1.165) is 19.0 Å². The minimum Gasteiger partial charge on any atom is -0.369 e. The van der Waals surface area contributed by atoms with Gasteiger partial charge in [-0.05, 0) is 17.0 Å². The maximum atomic E-state index is 10.7. The predicted octanol–water partition coefficient (Wildman–Crippen LogP) is 2.15. The van der Waals surface area contributed by atoms with Gasteiger partial charge in [0, 0.05) is 13.1 Å². The number of carbonyl (C=O) groups is 1. The molecule has 2 N–H and O–H groups in total. The van der Waals surface area contributed by atoms with E-state index in [2.05, 4.69) is 32.9 Å². The van der Waals surface area contributed by atoms with Crippen LogP contribution in [0.4, 0.5) is 0 Å². The molecule has 0 unspecified atom stereocenters. The van der Waals surface area contributed by atoms with Crippen LogP contribution >= 0.6 is 0 Å². The Hall–Kier alpha value is -1.35. The van der Waals surface area contributed by atoms with Crippen molar-refractivity contribution in [3.8, 4) is 0 Å². The highest BCUT2D eigenvalue weighted by Gasteiger charge is 2.18. The molecule has 94 valence electrons. The normalized spacial score (nSPS) is 14.1. The quantitative estimate of drug-likeness (QED) is 0.852. The molecular formula is C14H22N2O. The Bertz CT molecular complexity index is 346. The number of primary amides is 1. The average Bonchev–Trinajstić information content (AvgIpc) is 2.57. The highest BCUT2D eigenvalue weighted by Crippen LogP contribution is 2.21. The maximum Gasteiger partial charge on any atom is 0.231 e. The van der Waals surface area contributed by atoms with Crippen LogP contribution in [0.1, 0.15) is 31.9 Å². The Balaban J connectivity index is 0.000000317. The predicted molar refractivity (Wildman–Crippen MR) is 70.3 cm³/mol. The van der Waals surface area contributed by atoms with Crippen LogP contribution in [-0.4, -0.2) is 17.4 Å². The summed E-state index contributed by atoms with van der Waals surface area (Å²) in [5.41, 5.74) is 7.74. The summed E-state index contributed by atoms with van der Waals surface area (Å²) in [6.45, 7) is 8.55. The largest absolute Gasteiger partial charge is 0.369 e. The number of nitrogens with zero attached hydrogens (tertiary/aromatic N) is 1. The summed E-state index contributed by atoms with van der Waals surface area (Å²) >= 11 is 0. The lowest BCUT2D eigenvalue weighted by molar-refractivity contribution is -0.119. The number of nitrogens with two attached hydrogens (primary N) is 1. The molecule has 17 heavy (non-hydrogen) atoms. The van der Waals surface area contributed by atoms with Gasteiger partial charge in [0.25, 0.3) is 0 Å². The van der Waals surface area contributed by atoms with Crippen molar-refractivity contribution in [2.75, 3.05) is 6.54 Å². The van der Waals surface area contributed by atoms with Crippen molar-refractivity contribution < 1.29 is 4.79 Å². The number of hydrogen-bond donors (Lipinski definition) is 1. The lowest BCUT2D eigenvalue weighted by Crippen LogP contribution is -2.29. The number of hydrogen-bond acceptors (Lipinski definition) is 2. The summed E-state index contributed by atoms with van der Waals surface area (Å²) in [6.07, 6.45) is 0. The first kappa shape index (κ1) is 13.7. The highest BCUT2D eigenvalue weighted by molar-refractivity contribution is 5.76. The van der Waals surface area contributed by atoms with Crippen LogP contribution in [-0.2, 0) is 17.9 Å². The topological polar surface area (TPSA) is 46.3 Å². The van der Waals surface area contributed by atoms with E-state index >= 15 is 0 Å². The van der Waals surface area contributed by atoms with Gasteiger partial charge in [-0.3, -0.25) is 9.69 Å². The standard InChI is InChI=1S/C10H12N2O.C4H10/c11-10(13)7-12-5-8-3-1-2-4-9(8)6-12;1-4(2)3/h1-4H,5-7H2,(H2,11,13);4H,1-3H3. The molecule has 0 spiro atoms. The number of carbonyl (C=O) groups excluding carboxylic acids is 1. The third-order valence-corrected chi connectivity index (χ3v) is 2.29. The molecule has 3 nitrogen and oxygen atoms in total. The smallest absolute Gasteiger partial charge is 0.231 e. The van der Waals surface area contributed by atoms with E-state index in [1.54, 1.807) is 0 Å². The van der Waals surface area contributed by atoms with Crippen LogP contribution in [0.3, 0.4) is 0 Å². The minimum atomic E-state index is -0.257. The summed E-state index contributed by atoms with van der Waals surface area (Å²) in [6, 6.07) is 8.23. The van der Waals surface area contributed by atoms with E-state index in [0.29, 0.717) is 6.54 Å². The number of benzene rings is 1. The van der Waals surface area contributed by atoms with E-state index in [-0.39, 0.29) is 5.91 Å². The summed E-state index contributed by atoms with van der Waals surface area (Å²) < 4.78 is 0. The second-order valence-corrected chi connectivity index (χ2v) is 5.11. The van der Waals surface area contributed by atoms with E-state index in [4.69, 9.17) is 5.73 Å². The van der Waals surface area contributed by atoms with Gasteiger partial charge < -0.3 is 5.73 Å². The molecule has 1 aromatic carbocycles. The van der Waals surface area contributed by atoms with E-state index < -0.39 is 0 Å². The molecule has 0 aromatic heterocycles. The molecule has 0 bridgehead atoms. The van der Waals surface area contributed by atoms with Crippen LogP contribution in [0.2, 0.25) is 0 Å². The van der Waals surface area contributed by atoms with Crippen LogP contribution in [0.25, 0.3) is 0 Å². The molecule has 2 rings (SSSR count). The van der Waals surface area contributed by atoms with Crippen LogP contribution in [0, 0.1) is 5.92 Å². The Morgan fingerprint density at radius 2 is 1.65 bits per heavy atom. The lowest BCUT2D eigenvalue weighted by atomic mass is 10.1. The first-order valence-corrected chi connectivity index (χ1v) is 6.06. The molecule has 1 aliphatic rings. The molecule has 0 saturated carbocycles. The molecule has 1 amide bonds. The van der Waals surface area contributed by atoms with Crippen molar-refractivity contribution in [2.24, 2.45) is 11.7 Å². The molecule has 0 fully saturated rings.